The molecule has 3 atom stereocenters. The Labute approximate surface area is 200 Å². The van der Waals surface area contributed by atoms with Gasteiger partial charge in [0.15, 0.2) is 0 Å². The van der Waals surface area contributed by atoms with E-state index in [-0.39, 0.29) is 47.3 Å². The van der Waals surface area contributed by atoms with Crippen molar-refractivity contribution in [3.8, 4) is 0 Å². The molecule has 2 N–H and O–H groups in total. The van der Waals surface area contributed by atoms with Gasteiger partial charge in [0.1, 0.15) is 6.04 Å². The minimum absolute atomic E-state index is 0.0425. The number of carboxylic acids is 1. The zero-order valence-electron chi connectivity index (χ0n) is 21.5. The molecule has 0 spiro atoms. The molecule has 0 unspecified atom stereocenters. The molecule has 0 bridgehead atoms. The molecule has 2 aliphatic rings. The molecule has 2 fully saturated rings. The molecule has 7 nitrogen and oxygen atoms in total. The van der Waals surface area contributed by atoms with Gasteiger partial charge in [-0.1, -0.05) is 45.6 Å². The van der Waals surface area contributed by atoms with E-state index in [9.17, 15) is 19.5 Å². The van der Waals surface area contributed by atoms with Crippen LogP contribution in [0.3, 0.4) is 0 Å². The highest BCUT2D eigenvalue weighted by atomic mass is 16.4. The Morgan fingerprint density at radius 1 is 1.00 bits per heavy atom. The number of carboxylic acid groups (broad SMARTS) is 1. The maximum atomic E-state index is 13.8. The van der Waals surface area contributed by atoms with Gasteiger partial charge in [-0.3, -0.25) is 14.5 Å². The van der Waals surface area contributed by atoms with Crippen LogP contribution >= 0.6 is 0 Å². The van der Waals surface area contributed by atoms with Crippen LogP contribution < -0.4 is 5.32 Å². The predicted molar refractivity (Wildman–Crippen MR) is 131 cm³/mol. The second-order valence-electron chi connectivity index (χ2n) is 10.6. The molecule has 1 heterocycles. The number of hydrogen-bond acceptors (Lipinski definition) is 4. The van der Waals surface area contributed by atoms with Crippen LogP contribution in [0.25, 0.3) is 0 Å². The van der Waals surface area contributed by atoms with E-state index in [4.69, 9.17) is 0 Å². The van der Waals surface area contributed by atoms with Crippen molar-refractivity contribution in [2.45, 2.75) is 110 Å². The van der Waals surface area contributed by atoms with Crippen molar-refractivity contribution >= 4 is 17.8 Å². The normalized spacial score (nSPS) is 22.8. The minimum Gasteiger partial charge on any atom is -0.478 e. The van der Waals surface area contributed by atoms with Gasteiger partial charge in [0.2, 0.25) is 11.8 Å². The maximum absolute atomic E-state index is 13.8. The number of nitrogens with zero attached hydrogens (tertiary/aromatic N) is 2. The zero-order valence-corrected chi connectivity index (χ0v) is 21.5. The summed E-state index contributed by atoms with van der Waals surface area (Å²) in [5, 5.41) is 12.5. The van der Waals surface area contributed by atoms with E-state index in [0.717, 1.165) is 51.5 Å². The summed E-state index contributed by atoms with van der Waals surface area (Å²) in [6, 6.07) is -0.836. The number of aliphatic carboxylic acids is 1. The fourth-order valence-electron chi connectivity index (χ4n) is 5.40. The fraction of sp³-hybridized carbons (Fsp3) is 0.808. The maximum Gasteiger partial charge on any atom is 0.331 e. The van der Waals surface area contributed by atoms with Gasteiger partial charge in [0.05, 0.1) is 12.1 Å². The lowest BCUT2D eigenvalue weighted by Gasteiger charge is -2.40. The second-order valence-corrected chi connectivity index (χ2v) is 10.6. The average Bonchev–Trinajstić information content (AvgIpc) is 2.79. The number of likely N-dealkylation sites (N-methyl/N-ethyl adjacent to an activating group) is 1. The quantitative estimate of drug-likeness (QED) is 0.507. The smallest absolute Gasteiger partial charge is 0.331 e. The predicted octanol–water partition coefficient (Wildman–Crippen LogP) is 3.83. The molecule has 0 aromatic heterocycles. The molecule has 0 aromatic rings. The van der Waals surface area contributed by atoms with Gasteiger partial charge in [-0.25, -0.2) is 4.79 Å². The lowest BCUT2D eigenvalue weighted by atomic mass is 9.82. The van der Waals surface area contributed by atoms with Crippen molar-refractivity contribution in [2.75, 3.05) is 13.6 Å². The summed E-state index contributed by atoms with van der Waals surface area (Å²) in [6.45, 7) is 10.7. The summed E-state index contributed by atoms with van der Waals surface area (Å²) in [6.07, 6.45) is 9.77. The molecule has 1 aliphatic heterocycles. The molecule has 33 heavy (non-hydrogen) atoms. The van der Waals surface area contributed by atoms with Gasteiger partial charge in [-0.15, -0.1) is 0 Å². The number of likely N-dealkylation sites (tertiary alicyclic amines) is 1. The molecule has 1 saturated heterocycles. The summed E-state index contributed by atoms with van der Waals surface area (Å²) in [7, 11) is 1.74. The Hall–Kier alpha value is -1.89. The van der Waals surface area contributed by atoms with E-state index in [1.165, 1.54) is 6.42 Å². The Bertz CT molecular complexity index is 712. The minimum atomic E-state index is -0.982. The molecule has 188 valence electrons. The standard InChI is InChI=1S/C26H45N3O4/c1-17(2)22(16-19(5)26(32)33)28(6)25(31)23(20-12-8-7-9-13-20)27-24(30)21-14-10-11-15-29(21)18(3)4/h16-18,20-23H,7-15H2,1-6H3,(H,27,30)(H,32,33)/t21-,22-,23+/m1/s1. The highest BCUT2D eigenvalue weighted by Gasteiger charge is 2.38. The molecular formula is C26H45N3O4. The third-order valence-corrected chi connectivity index (χ3v) is 7.43. The summed E-state index contributed by atoms with van der Waals surface area (Å²) in [5.74, 6) is -0.976. The fourth-order valence-corrected chi connectivity index (χ4v) is 5.40. The average molecular weight is 464 g/mol. The molecule has 2 amide bonds. The molecule has 1 aliphatic carbocycles. The Morgan fingerprint density at radius 2 is 1.61 bits per heavy atom. The van der Waals surface area contributed by atoms with Gasteiger partial charge >= 0.3 is 5.97 Å². The number of hydrogen-bond donors (Lipinski definition) is 2. The van der Waals surface area contributed by atoms with Crippen LogP contribution in [0, 0.1) is 11.8 Å². The first kappa shape index (κ1) is 27.4. The van der Waals surface area contributed by atoms with Crippen LogP contribution in [-0.4, -0.2) is 70.4 Å². The van der Waals surface area contributed by atoms with Crippen LogP contribution in [0.5, 0.6) is 0 Å². The summed E-state index contributed by atoms with van der Waals surface area (Å²) in [4.78, 5) is 42.6. The topological polar surface area (TPSA) is 90.0 Å². The molecular weight excluding hydrogens is 418 g/mol. The van der Waals surface area contributed by atoms with Crippen molar-refractivity contribution < 1.29 is 19.5 Å². The lowest BCUT2D eigenvalue weighted by Crippen LogP contribution is -2.59. The van der Waals surface area contributed by atoms with Crippen LogP contribution in [0.15, 0.2) is 11.6 Å². The Morgan fingerprint density at radius 3 is 2.15 bits per heavy atom. The van der Waals surface area contributed by atoms with Crippen LogP contribution in [0.4, 0.5) is 0 Å². The molecule has 0 radical (unpaired) electrons. The van der Waals surface area contributed by atoms with E-state index in [1.54, 1.807) is 24.9 Å². The van der Waals surface area contributed by atoms with Crippen molar-refractivity contribution in [1.29, 1.82) is 0 Å². The number of carbonyl (C=O) groups excluding carboxylic acids is 2. The molecule has 7 heteroatoms. The Kier molecular flexibility index (Phi) is 10.4. The highest BCUT2D eigenvalue weighted by molar-refractivity contribution is 5.90. The second kappa shape index (κ2) is 12.5. The van der Waals surface area contributed by atoms with E-state index < -0.39 is 12.0 Å². The SMILES string of the molecule is CC(=C[C@H](C(C)C)N(C)C(=O)[C@@H](NC(=O)[C@H]1CCCCN1C(C)C)C1CCCCC1)C(=O)O. The van der Waals surface area contributed by atoms with E-state index >= 15 is 0 Å². The Balaban J connectivity index is 2.28. The van der Waals surface area contributed by atoms with E-state index in [1.807, 2.05) is 13.8 Å². The number of carbonyl (C=O) groups is 3. The van der Waals surface area contributed by atoms with Crippen LogP contribution in [0.1, 0.15) is 86.0 Å². The summed E-state index contributed by atoms with van der Waals surface area (Å²) < 4.78 is 0. The molecule has 1 saturated carbocycles. The largest absolute Gasteiger partial charge is 0.478 e. The van der Waals surface area contributed by atoms with Crippen molar-refractivity contribution in [2.24, 2.45) is 11.8 Å². The molecule has 2 rings (SSSR count). The van der Waals surface area contributed by atoms with Gasteiger partial charge in [0.25, 0.3) is 0 Å². The number of nitrogens with one attached hydrogen (secondary N) is 1. The first-order chi connectivity index (χ1) is 15.5. The van der Waals surface area contributed by atoms with Gasteiger partial charge < -0.3 is 15.3 Å². The van der Waals surface area contributed by atoms with Crippen LogP contribution in [-0.2, 0) is 14.4 Å². The van der Waals surface area contributed by atoms with Crippen molar-refractivity contribution in [3.63, 3.8) is 0 Å². The first-order valence-corrected chi connectivity index (χ1v) is 12.8. The van der Waals surface area contributed by atoms with Crippen LogP contribution in [0.2, 0.25) is 0 Å². The monoisotopic (exact) mass is 463 g/mol. The summed E-state index contributed by atoms with van der Waals surface area (Å²) >= 11 is 0. The highest BCUT2D eigenvalue weighted by Crippen LogP contribution is 2.29. The lowest BCUT2D eigenvalue weighted by molar-refractivity contribution is -0.141. The number of amides is 2. The van der Waals surface area contributed by atoms with E-state index in [0.29, 0.717) is 0 Å². The van der Waals surface area contributed by atoms with Gasteiger partial charge in [-0.05, 0) is 64.8 Å². The third-order valence-electron chi connectivity index (χ3n) is 7.43. The van der Waals surface area contributed by atoms with Gasteiger partial charge in [-0.2, -0.15) is 0 Å². The van der Waals surface area contributed by atoms with E-state index in [2.05, 4.69) is 24.1 Å². The van der Waals surface area contributed by atoms with Crippen molar-refractivity contribution in [3.05, 3.63) is 11.6 Å². The van der Waals surface area contributed by atoms with Crippen molar-refractivity contribution in [1.82, 2.24) is 15.1 Å². The first-order valence-electron chi connectivity index (χ1n) is 12.8. The number of rotatable bonds is 9. The number of piperidine rings is 1. The summed E-state index contributed by atoms with van der Waals surface area (Å²) in [5.41, 5.74) is 0.224. The third kappa shape index (κ3) is 7.29. The zero-order chi connectivity index (χ0) is 24.7. The molecule has 0 aromatic carbocycles. The van der Waals surface area contributed by atoms with Gasteiger partial charge in [0, 0.05) is 18.7 Å².